The second-order valence-corrected chi connectivity index (χ2v) is 4.57. The molecule has 1 aromatic rings. The molecule has 1 amide bonds. The van der Waals surface area contributed by atoms with E-state index in [0.717, 1.165) is 12.1 Å². The Labute approximate surface area is 111 Å². The first-order chi connectivity index (χ1) is 8.60. The van der Waals surface area contributed by atoms with Crippen LogP contribution in [0.3, 0.4) is 0 Å². The highest BCUT2D eigenvalue weighted by Crippen LogP contribution is 2.28. The van der Waals surface area contributed by atoms with Crippen molar-refractivity contribution in [3.8, 4) is 5.75 Å². The standard InChI is InChI=1S/C13H15ClN2O2/c1-8-11(4-6-13(17)15-8)16-9-3-5-12(18-2)10(14)7-9/h3,5,7,11,16H,1,4,6H2,2H3,(H,15,17). The first-order valence-corrected chi connectivity index (χ1v) is 6.06. The van der Waals surface area contributed by atoms with Crippen LogP contribution in [0.2, 0.25) is 5.02 Å². The number of ether oxygens (including phenoxy) is 1. The van der Waals surface area contributed by atoms with Gasteiger partial charge in [-0.25, -0.2) is 0 Å². The average molecular weight is 267 g/mol. The van der Waals surface area contributed by atoms with Crippen molar-refractivity contribution in [3.05, 3.63) is 35.5 Å². The van der Waals surface area contributed by atoms with Crippen molar-refractivity contribution in [1.82, 2.24) is 5.32 Å². The zero-order valence-electron chi connectivity index (χ0n) is 10.1. The van der Waals surface area contributed by atoms with Crippen molar-refractivity contribution < 1.29 is 9.53 Å². The Morgan fingerprint density at radius 3 is 2.94 bits per heavy atom. The van der Waals surface area contributed by atoms with E-state index >= 15 is 0 Å². The molecule has 0 spiro atoms. The van der Waals surface area contributed by atoms with E-state index in [0.29, 0.717) is 22.9 Å². The quantitative estimate of drug-likeness (QED) is 0.884. The van der Waals surface area contributed by atoms with Gasteiger partial charge in [0.15, 0.2) is 0 Å². The Balaban J connectivity index is 2.07. The van der Waals surface area contributed by atoms with Crippen molar-refractivity contribution in [2.24, 2.45) is 0 Å². The lowest BCUT2D eigenvalue weighted by Crippen LogP contribution is -2.39. The highest BCUT2D eigenvalue weighted by atomic mass is 35.5. The molecule has 1 fully saturated rings. The predicted molar refractivity (Wildman–Crippen MR) is 71.9 cm³/mol. The van der Waals surface area contributed by atoms with Crippen LogP contribution in [0.5, 0.6) is 5.75 Å². The molecule has 1 aliphatic heterocycles. The molecule has 4 nitrogen and oxygen atoms in total. The molecule has 0 saturated carbocycles. The Morgan fingerprint density at radius 1 is 1.56 bits per heavy atom. The van der Waals surface area contributed by atoms with E-state index < -0.39 is 0 Å². The van der Waals surface area contributed by atoms with Gasteiger partial charge >= 0.3 is 0 Å². The number of carbonyl (C=O) groups excluding carboxylic acids is 1. The van der Waals surface area contributed by atoms with E-state index in [9.17, 15) is 4.79 Å². The number of carbonyl (C=O) groups is 1. The fourth-order valence-electron chi connectivity index (χ4n) is 1.89. The van der Waals surface area contributed by atoms with Gasteiger partial charge in [-0.15, -0.1) is 0 Å². The summed E-state index contributed by atoms with van der Waals surface area (Å²) in [7, 11) is 1.58. The van der Waals surface area contributed by atoms with Crippen molar-refractivity contribution in [3.63, 3.8) is 0 Å². The molecule has 5 heteroatoms. The number of anilines is 1. The van der Waals surface area contributed by atoms with Gasteiger partial charge in [-0.05, 0) is 24.6 Å². The zero-order valence-corrected chi connectivity index (χ0v) is 10.9. The SMILES string of the molecule is C=C1NC(=O)CCC1Nc1ccc(OC)c(Cl)c1. The summed E-state index contributed by atoms with van der Waals surface area (Å²) in [5, 5.41) is 6.57. The third-order valence-corrected chi connectivity index (χ3v) is 3.17. The third-order valence-electron chi connectivity index (χ3n) is 2.87. The maximum Gasteiger partial charge on any atom is 0.224 e. The van der Waals surface area contributed by atoms with Crippen molar-refractivity contribution in [2.75, 3.05) is 12.4 Å². The normalized spacial score (nSPS) is 19.3. The summed E-state index contributed by atoms with van der Waals surface area (Å²) < 4.78 is 5.09. The smallest absolute Gasteiger partial charge is 0.224 e. The molecular weight excluding hydrogens is 252 g/mol. The fraction of sp³-hybridized carbons (Fsp3) is 0.308. The molecular formula is C13H15ClN2O2. The Morgan fingerprint density at radius 2 is 2.33 bits per heavy atom. The third kappa shape index (κ3) is 2.76. The van der Waals surface area contributed by atoms with Gasteiger partial charge in [0.25, 0.3) is 0 Å². The molecule has 2 N–H and O–H groups in total. The van der Waals surface area contributed by atoms with E-state index in [2.05, 4.69) is 17.2 Å². The molecule has 0 bridgehead atoms. The van der Waals surface area contributed by atoms with E-state index in [4.69, 9.17) is 16.3 Å². The maximum absolute atomic E-state index is 11.2. The van der Waals surface area contributed by atoms with Crippen molar-refractivity contribution >= 4 is 23.2 Å². The van der Waals surface area contributed by atoms with Gasteiger partial charge < -0.3 is 15.4 Å². The number of halogens is 1. The predicted octanol–water partition coefficient (Wildman–Crippen LogP) is 2.55. The largest absolute Gasteiger partial charge is 0.495 e. The minimum Gasteiger partial charge on any atom is -0.495 e. The second-order valence-electron chi connectivity index (χ2n) is 4.16. The van der Waals surface area contributed by atoms with Crippen LogP contribution in [0.25, 0.3) is 0 Å². The number of amides is 1. The lowest BCUT2D eigenvalue weighted by Gasteiger charge is -2.26. The molecule has 1 heterocycles. The average Bonchev–Trinajstić information content (AvgIpc) is 2.33. The number of piperidine rings is 1. The summed E-state index contributed by atoms with van der Waals surface area (Å²) in [5.74, 6) is 0.656. The van der Waals surface area contributed by atoms with Crippen LogP contribution in [-0.2, 0) is 4.79 Å². The molecule has 1 aliphatic rings. The summed E-state index contributed by atoms with van der Waals surface area (Å²) in [6.07, 6.45) is 1.23. The van der Waals surface area contributed by atoms with Crippen molar-refractivity contribution in [2.45, 2.75) is 18.9 Å². The highest BCUT2D eigenvalue weighted by molar-refractivity contribution is 6.32. The summed E-state index contributed by atoms with van der Waals surface area (Å²) in [4.78, 5) is 11.2. The Bertz CT molecular complexity index is 488. The van der Waals surface area contributed by atoms with Gasteiger partial charge in [0, 0.05) is 17.8 Å². The summed E-state index contributed by atoms with van der Waals surface area (Å²) >= 11 is 6.05. The van der Waals surface area contributed by atoms with E-state index in [-0.39, 0.29) is 11.9 Å². The molecule has 0 aromatic heterocycles. The molecule has 1 atom stereocenters. The van der Waals surface area contributed by atoms with Crippen LogP contribution < -0.4 is 15.4 Å². The topological polar surface area (TPSA) is 50.4 Å². The number of nitrogens with one attached hydrogen (secondary N) is 2. The summed E-state index contributed by atoms with van der Waals surface area (Å²) in [6.45, 7) is 3.85. The van der Waals surface area contributed by atoms with Gasteiger partial charge in [-0.2, -0.15) is 0 Å². The van der Waals surface area contributed by atoms with Crippen LogP contribution in [-0.4, -0.2) is 19.1 Å². The lowest BCUT2D eigenvalue weighted by molar-refractivity contribution is -0.121. The van der Waals surface area contributed by atoms with E-state index in [1.54, 1.807) is 19.2 Å². The van der Waals surface area contributed by atoms with Crippen LogP contribution in [0, 0.1) is 0 Å². The number of methoxy groups -OCH3 is 1. The van der Waals surface area contributed by atoms with Gasteiger partial charge in [0.2, 0.25) is 5.91 Å². The van der Waals surface area contributed by atoms with Gasteiger partial charge in [0.1, 0.15) is 5.75 Å². The molecule has 18 heavy (non-hydrogen) atoms. The first kappa shape index (κ1) is 12.8. The molecule has 1 saturated heterocycles. The fourth-order valence-corrected chi connectivity index (χ4v) is 2.15. The molecule has 2 rings (SSSR count). The zero-order chi connectivity index (χ0) is 13.1. The minimum atomic E-state index is 0.0193. The van der Waals surface area contributed by atoms with Crippen LogP contribution >= 0.6 is 11.6 Å². The Kier molecular flexibility index (Phi) is 3.77. The number of hydrogen-bond acceptors (Lipinski definition) is 3. The Hall–Kier alpha value is -1.68. The van der Waals surface area contributed by atoms with E-state index in [1.165, 1.54) is 0 Å². The maximum atomic E-state index is 11.2. The van der Waals surface area contributed by atoms with E-state index in [1.807, 2.05) is 6.07 Å². The van der Waals surface area contributed by atoms with Crippen LogP contribution in [0.4, 0.5) is 5.69 Å². The van der Waals surface area contributed by atoms with Gasteiger partial charge in [0.05, 0.1) is 18.2 Å². The monoisotopic (exact) mass is 266 g/mol. The summed E-state index contributed by atoms with van der Waals surface area (Å²) in [6, 6.07) is 5.51. The number of hydrogen-bond donors (Lipinski definition) is 2. The molecule has 0 aliphatic carbocycles. The molecule has 96 valence electrons. The molecule has 1 aromatic carbocycles. The molecule has 1 unspecified atom stereocenters. The lowest BCUT2D eigenvalue weighted by atomic mass is 10.0. The highest BCUT2D eigenvalue weighted by Gasteiger charge is 2.21. The van der Waals surface area contributed by atoms with Crippen molar-refractivity contribution in [1.29, 1.82) is 0 Å². The summed E-state index contributed by atoms with van der Waals surface area (Å²) in [5.41, 5.74) is 1.57. The second kappa shape index (κ2) is 5.31. The van der Waals surface area contributed by atoms with Gasteiger partial charge in [-0.1, -0.05) is 18.2 Å². The molecule has 0 radical (unpaired) electrons. The van der Waals surface area contributed by atoms with Crippen LogP contribution in [0.1, 0.15) is 12.8 Å². The number of rotatable bonds is 3. The van der Waals surface area contributed by atoms with Gasteiger partial charge in [-0.3, -0.25) is 4.79 Å². The number of benzene rings is 1. The minimum absolute atomic E-state index is 0.0193. The van der Waals surface area contributed by atoms with Crippen LogP contribution in [0.15, 0.2) is 30.5 Å². The first-order valence-electron chi connectivity index (χ1n) is 5.69.